The number of halogens is 1. The molecule has 1 aliphatic rings. The van der Waals surface area contributed by atoms with Gasteiger partial charge in [-0.2, -0.15) is 0 Å². The van der Waals surface area contributed by atoms with Crippen LogP contribution in [0.5, 0.6) is 5.75 Å². The molecule has 2 heterocycles. The summed E-state index contributed by atoms with van der Waals surface area (Å²) >= 11 is 8.02. The third kappa shape index (κ3) is 4.25. The quantitative estimate of drug-likeness (QED) is 0.305. The molecule has 0 aliphatic heterocycles. The van der Waals surface area contributed by atoms with Gasteiger partial charge in [-0.15, -0.1) is 20.4 Å². The average molecular weight is 468 g/mol. The second-order valence-corrected chi connectivity index (χ2v) is 8.96. The first-order valence-corrected chi connectivity index (χ1v) is 11.9. The fourth-order valence-electron chi connectivity index (χ4n) is 3.98. The Morgan fingerprint density at radius 3 is 2.56 bits per heavy atom. The molecule has 2 aromatic carbocycles. The summed E-state index contributed by atoms with van der Waals surface area (Å²) in [7, 11) is 1.64. The van der Waals surface area contributed by atoms with Crippen molar-refractivity contribution < 1.29 is 9.15 Å². The van der Waals surface area contributed by atoms with E-state index in [0.29, 0.717) is 28.6 Å². The van der Waals surface area contributed by atoms with Gasteiger partial charge in [0.15, 0.2) is 11.0 Å². The minimum Gasteiger partial charge on any atom is -0.497 e. The van der Waals surface area contributed by atoms with Gasteiger partial charge < -0.3 is 9.15 Å². The van der Waals surface area contributed by atoms with Gasteiger partial charge in [0.1, 0.15) is 5.75 Å². The Morgan fingerprint density at radius 2 is 1.81 bits per heavy atom. The third-order valence-electron chi connectivity index (χ3n) is 5.60. The predicted molar refractivity (Wildman–Crippen MR) is 124 cm³/mol. The SMILES string of the molecule is COc1ccc(-c2nnc(CSc3nnc(-c4ccccc4Cl)n3C3CCCC3)o2)cc1. The lowest BCUT2D eigenvalue weighted by molar-refractivity contribution is 0.415. The molecular weight excluding hydrogens is 446 g/mol. The number of ether oxygens (including phenoxy) is 1. The van der Waals surface area contributed by atoms with Crippen LogP contribution in [-0.4, -0.2) is 32.1 Å². The topological polar surface area (TPSA) is 78.9 Å². The summed E-state index contributed by atoms with van der Waals surface area (Å²) in [5.74, 6) is 3.13. The van der Waals surface area contributed by atoms with E-state index in [1.54, 1.807) is 18.9 Å². The van der Waals surface area contributed by atoms with Crippen LogP contribution in [0.1, 0.15) is 37.6 Å². The highest BCUT2D eigenvalue weighted by Crippen LogP contribution is 2.38. The van der Waals surface area contributed by atoms with Crippen LogP contribution in [0.15, 0.2) is 58.1 Å². The fourth-order valence-corrected chi connectivity index (χ4v) is 5.04. The Labute approximate surface area is 195 Å². The first kappa shape index (κ1) is 21.0. The molecule has 0 bridgehead atoms. The minimum atomic E-state index is 0.372. The van der Waals surface area contributed by atoms with Gasteiger partial charge in [-0.1, -0.05) is 48.3 Å². The van der Waals surface area contributed by atoms with Crippen LogP contribution < -0.4 is 4.74 Å². The fraction of sp³-hybridized carbons (Fsp3) is 0.304. The van der Waals surface area contributed by atoms with Crippen molar-refractivity contribution in [1.29, 1.82) is 0 Å². The Kier molecular flexibility index (Phi) is 6.14. The largest absolute Gasteiger partial charge is 0.497 e. The van der Waals surface area contributed by atoms with Crippen molar-refractivity contribution in [2.45, 2.75) is 42.6 Å². The number of rotatable bonds is 7. The molecule has 0 radical (unpaired) electrons. The van der Waals surface area contributed by atoms with Crippen LogP contribution in [0.4, 0.5) is 0 Å². The molecule has 0 N–H and O–H groups in total. The standard InChI is InChI=1S/C23H22ClN5O2S/c1-30-17-12-10-15(11-13-17)22-27-25-20(31-22)14-32-23-28-26-21(18-8-4-5-9-19(18)24)29(23)16-6-2-3-7-16/h4-5,8-13,16H,2-3,6-7,14H2,1H3. The molecule has 32 heavy (non-hydrogen) atoms. The number of methoxy groups -OCH3 is 1. The molecule has 164 valence electrons. The first-order valence-electron chi connectivity index (χ1n) is 10.5. The first-order chi connectivity index (χ1) is 15.7. The van der Waals surface area contributed by atoms with E-state index in [2.05, 4.69) is 25.0 Å². The van der Waals surface area contributed by atoms with Crippen molar-refractivity contribution in [2.75, 3.05) is 7.11 Å². The van der Waals surface area contributed by atoms with Gasteiger partial charge in [0.2, 0.25) is 11.8 Å². The lowest BCUT2D eigenvalue weighted by atomic mass is 10.2. The Bertz CT molecular complexity index is 1200. The van der Waals surface area contributed by atoms with Gasteiger partial charge in [0.25, 0.3) is 0 Å². The zero-order valence-corrected chi connectivity index (χ0v) is 19.1. The average Bonchev–Trinajstić information content (AvgIpc) is 3.58. The molecule has 0 unspecified atom stereocenters. The van der Waals surface area contributed by atoms with Gasteiger partial charge in [-0.25, -0.2) is 0 Å². The molecule has 0 atom stereocenters. The maximum Gasteiger partial charge on any atom is 0.247 e. The van der Waals surface area contributed by atoms with Crippen LogP contribution in [0.25, 0.3) is 22.8 Å². The van der Waals surface area contributed by atoms with Gasteiger partial charge in [0.05, 0.1) is 17.9 Å². The minimum absolute atomic E-state index is 0.372. The van der Waals surface area contributed by atoms with Crippen LogP contribution in [0.3, 0.4) is 0 Å². The molecule has 0 amide bonds. The summed E-state index contributed by atoms with van der Waals surface area (Å²) in [6.45, 7) is 0. The van der Waals surface area contributed by atoms with E-state index in [0.717, 1.165) is 40.7 Å². The van der Waals surface area contributed by atoms with Crippen molar-refractivity contribution in [3.8, 4) is 28.6 Å². The molecule has 1 fully saturated rings. The van der Waals surface area contributed by atoms with Crippen molar-refractivity contribution in [1.82, 2.24) is 25.0 Å². The molecule has 1 aliphatic carbocycles. The summed E-state index contributed by atoms with van der Waals surface area (Å²) in [4.78, 5) is 0. The molecule has 2 aromatic heterocycles. The number of benzene rings is 2. The van der Waals surface area contributed by atoms with Crippen molar-refractivity contribution >= 4 is 23.4 Å². The number of hydrogen-bond acceptors (Lipinski definition) is 7. The highest BCUT2D eigenvalue weighted by molar-refractivity contribution is 7.98. The number of thioether (sulfide) groups is 1. The van der Waals surface area contributed by atoms with Gasteiger partial charge in [0, 0.05) is 17.2 Å². The van der Waals surface area contributed by atoms with Gasteiger partial charge in [-0.3, -0.25) is 4.57 Å². The zero-order valence-electron chi connectivity index (χ0n) is 17.6. The second-order valence-electron chi connectivity index (χ2n) is 7.61. The van der Waals surface area contributed by atoms with Crippen molar-refractivity contribution in [3.05, 3.63) is 59.4 Å². The smallest absolute Gasteiger partial charge is 0.247 e. The van der Waals surface area contributed by atoms with E-state index in [4.69, 9.17) is 20.8 Å². The lowest BCUT2D eigenvalue weighted by Crippen LogP contribution is -2.08. The summed E-state index contributed by atoms with van der Waals surface area (Å²) in [5.41, 5.74) is 1.75. The van der Waals surface area contributed by atoms with Crippen molar-refractivity contribution in [3.63, 3.8) is 0 Å². The monoisotopic (exact) mass is 467 g/mol. The summed E-state index contributed by atoms with van der Waals surface area (Å²) < 4.78 is 13.3. The highest BCUT2D eigenvalue weighted by atomic mass is 35.5. The molecule has 5 rings (SSSR count). The van der Waals surface area contributed by atoms with E-state index in [-0.39, 0.29) is 0 Å². The maximum atomic E-state index is 6.47. The van der Waals surface area contributed by atoms with Crippen LogP contribution in [0, 0.1) is 0 Å². The number of nitrogens with zero attached hydrogens (tertiary/aromatic N) is 5. The van der Waals surface area contributed by atoms with Crippen LogP contribution in [-0.2, 0) is 5.75 Å². The van der Waals surface area contributed by atoms with E-state index in [1.807, 2.05) is 48.5 Å². The predicted octanol–water partition coefficient (Wildman–Crippen LogP) is 6.06. The molecule has 1 saturated carbocycles. The maximum absolute atomic E-state index is 6.47. The third-order valence-corrected chi connectivity index (χ3v) is 6.86. The molecule has 4 aromatic rings. The van der Waals surface area contributed by atoms with E-state index >= 15 is 0 Å². The normalized spacial score (nSPS) is 14.2. The Balaban J connectivity index is 1.38. The zero-order chi connectivity index (χ0) is 21.9. The summed E-state index contributed by atoms with van der Waals surface area (Å²) in [6.07, 6.45) is 4.66. The molecule has 9 heteroatoms. The molecule has 0 spiro atoms. The second kappa shape index (κ2) is 9.34. The lowest BCUT2D eigenvalue weighted by Gasteiger charge is -2.17. The van der Waals surface area contributed by atoms with Crippen LogP contribution >= 0.6 is 23.4 Å². The van der Waals surface area contributed by atoms with Crippen molar-refractivity contribution in [2.24, 2.45) is 0 Å². The van der Waals surface area contributed by atoms with Gasteiger partial charge >= 0.3 is 0 Å². The van der Waals surface area contributed by atoms with E-state index in [9.17, 15) is 0 Å². The number of hydrogen-bond donors (Lipinski definition) is 0. The molecule has 0 saturated heterocycles. The van der Waals surface area contributed by atoms with Gasteiger partial charge in [-0.05, 0) is 49.2 Å². The van der Waals surface area contributed by atoms with Crippen LogP contribution in [0.2, 0.25) is 5.02 Å². The Morgan fingerprint density at radius 1 is 1.03 bits per heavy atom. The molecule has 7 nitrogen and oxygen atoms in total. The summed E-state index contributed by atoms with van der Waals surface area (Å²) in [6, 6.07) is 15.7. The van der Waals surface area contributed by atoms with E-state index in [1.165, 1.54) is 12.8 Å². The molecular formula is C23H22ClN5O2S. The van der Waals surface area contributed by atoms with E-state index < -0.39 is 0 Å². The highest BCUT2D eigenvalue weighted by Gasteiger charge is 2.26. The Hall–Kier alpha value is -2.84. The summed E-state index contributed by atoms with van der Waals surface area (Å²) in [5, 5.41) is 18.9. The number of aromatic nitrogens is 5.